The van der Waals surface area contributed by atoms with Gasteiger partial charge in [-0.1, -0.05) is 11.3 Å². The van der Waals surface area contributed by atoms with Crippen molar-refractivity contribution in [3.8, 4) is 0 Å². The Hall–Kier alpha value is -1.15. The summed E-state index contributed by atoms with van der Waals surface area (Å²) in [4.78, 5) is 15.9. The molecule has 0 aromatic carbocycles. The van der Waals surface area contributed by atoms with Gasteiger partial charge in [-0.3, -0.25) is 4.79 Å². The fraction of sp³-hybridized carbons (Fsp3) is 0.500. The summed E-state index contributed by atoms with van der Waals surface area (Å²) in [6.07, 6.45) is 1.12. The minimum absolute atomic E-state index is 0.0773. The molecule has 1 aromatic heterocycles. The predicted octanol–water partition coefficient (Wildman–Crippen LogP) is -0.192. The Morgan fingerprint density at radius 2 is 2.19 bits per heavy atom. The molecule has 0 unspecified atom stereocenters. The smallest absolute Gasteiger partial charge is 0.263 e. The molecule has 16 heavy (non-hydrogen) atoms. The molecule has 90 valence electrons. The standard InChI is InChI=1S/C8H13N3O3S2/c1-5-6(15-8(9)11-5)7(12)10-3-4-16(2,13)14/h3-4H2,1-2H3,(H2,9,11)(H,10,12). The Morgan fingerprint density at radius 3 is 2.62 bits per heavy atom. The van der Waals surface area contributed by atoms with Crippen molar-refractivity contribution in [1.29, 1.82) is 0 Å². The van der Waals surface area contributed by atoms with Crippen LogP contribution in [0.15, 0.2) is 0 Å². The largest absolute Gasteiger partial charge is 0.375 e. The lowest BCUT2D eigenvalue weighted by Gasteiger charge is -2.02. The van der Waals surface area contributed by atoms with Crippen LogP contribution >= 0.6 is 11.3 Å². The number of anilines is 1. The Labute approximate surface area is 97.8 Å². The van der Waals surface area contributed by atoms with Gasteiger partial charge in [0.25, 0.3) is 5.91 Å². The van der Waals surface area contributed by atoms with Crippen LogP contribution in [0.5, 0.6) is 0 Å². The topological polar surface area (TPSA) is 102 Å². The number of hydrogen-bond acceptors (Lipinski definition) is 6. The van der Waals surface area contributed by atoms with Crippen LogP contribution in [0.25, 0.3) is 0 Å². The van der Waals surface area contributed by atoms with E-state index in [9.17, 15) is 13.2 Å². The molecule has 0 aliphatic carbocycles. The van der Waals surface area contributed by atoms with Gasteiger partial charge in [0.15, 0.2) is 5.13 Å². The highest BCUT2D eigenvalue weighted by atomic mass is 32.2. The van der Waals surface area contributed by atoms with Crippen LogP contribution < -0.4 is 11.1 Å². The number of amides is 1. The summed E-state index contributed by atoms with van der Waals surface area (Å²) < 4.78 is 21.7. The van der Waals surface area contributed by atoms with E-state index in [1.165, 1.54) is 0 Å². The number of nitrogens with zero attached hydrogens (tertiary/aromatic N) is 1. The third-order valence-electron chi connectivity index (χ3n) is 1.78. The van der Waals surface area contributed by atoms with Gasteiger partial charge in [0, 0.05) is 12.8 Å². The highest BCUT2D eigenvalue weighted by molar-refractivity contribution is 7.90. The molecule has 3 N–H and O–H groups in total. The number of carbonyl (C=O) groups excluding carboxylic acids is 1. The van der Waals surface area contributed by atoms with Crippen molar-refractivity contribution >= 4 is 32.2 Å². The van der Waals surface area contributed by atoms with Gasteiger partial charge in [0.05, 0.1) is 11.4 Å². The fourth-order valence-electron chi connectivity index (χ4n) is 1.06. The average Bonchev–Trinajstić information content (AvgIpc) is 2.43. The van der Waals surface area contributed by atoms with E-state index in [4.69, 9.17) is 5.73 Å². The van der Waals surface area contributed by atoms with Crippen molar-refractivity contribution in [3.63, 3.8) is 0 Å². The van der Waals surface area contributed by atoms with E-state index >= 15 is 0 Å². The maximum atomic E-state index is 11.6. The molecule has 0 aliphatic rings. The van der Waals surface area contributed by atoms with Gasteiger partial charge in [-0.2, -0.15) is 0 Å². The van der Waals surface area contributed by atoms with E-state index in [1.807, 2.05) is 0 Å². The molecule has 0 fully saturated rings. The summed E-state index contributed by atoms with van der Waals surface area (Å²) >= 11 is 1.09. The fourth-order valence-corrected chi connectivity index (χ4v) is 2.28. The molecule has 0 spiro atoms. The minimum atomic E-state index is -3.06. The highest BCUT2D eigenvalue weighted by Gasteiger charge is 2.14. The highest BCUT2D eigenvalue weighted by Crippen LogP contribution is 2.18. The van der Waals surface area contributed by atoms with Crippen LogP contribution in [0.2, 0.25) is 0 Å². The van der Waals surface area contributed by atoms with E-state index in [2.05, 4.69) is 10.3 Å². The number of nitrogen functional groups attached to an aromatic ring is 1. The minimum Gasteiger partial charge on any atom is -0.375 e. The van der Waals surface area contributed by atoms with Crippen molar-refractivity contribution in [2.75, 3.05) is 24.3 Å². The molecule has 1 rings (SSSR count). The van der Waals surface area contributed by atoms with Crippen molar-refractivity contribution in [2.24, 2.45) is 0 Å². The summed E-state index contributed by atoms with van der Waals surface area (Å²) in [6.45, 7) is 1.77. The van der Waals surface area contributed by atoms with Crippen molar-refractivity contribution < 1.29 is 13.2 Å². The van der Waals surface area contributed by atoms with Gasteiger partial charge in [0.2, 0.25) is 0 Å². The molecule has 8 heteroatoms. The molecule has 0 bridgehead atoms. The van der Waals surface area contributed by atoms with Crippen LogP contribution in [0, 0.1) is 6.92 Å². The Bertz CT molecular complexity index is 493. The van der Waals surface area contributed by atoms with Gasteiger partial charge in [-0.05, 0) is 6.92 Å². The maximum absolute atomic E-state index is 11.6. The number of aryl methyl sites for hydroxylation is 1. The number of nitrogens with one attached hydrogen (secondary N) is 1. The Kier molecular flexibility index (Phi) is 3.87. The lowest BCUT2D eigenvalue weighted by atomic mass is 10.4. The molecule has 1 heterocycles. The van der Waals surface area contributed by atoms with Gasteiger partial charge >= 0.3 is 0 Å². The van der Waals surface area contributed by atoms with Gasteiger partial charge in [0.1, 0.15) is 14.7 Å². The van der Waals surface area contributed by atoms with Crippen molar-refractivity contribution in [2.45, 2.75) is 6.92 Å². The number of nitrogens with two attached hydrogens (primary N) is 1. The number of thiazole rings is 1. The van der Waals surface area contributed by atoms with Gasteiger partial charge < -0.3 is 11.1 Å². The van der Waals surface area contributed by atoms with E-state index in [0.29, 0.717) is 15.7 Å². The van der Waals surface area contributed by atoms with Crippen LogP contribution in [-0.2, 0) is 9.84 Å². The van der Waals surface area contributed by atoms with E-state index in [0.717, 1.165) is 17.6 Å². The number of sulfone groups is 1. The summed E-state index contributed by atoms with van der Waals surface area (Å²) in [7, 11) is -3.06. The average molecular weight is 263 g/mol. The van der Waals surface area contributed by atoms with Crippen LogP contribution in [0.4, 0.5) is 5.13 Å². The lowest BCUT2D eigenvalue weighted by Crippen LogP contribution is -2.28. The number of aromatic nitrogens is 1. The summed E-state index contributed by atoms with van der Waals surface area (Å²) in [5.74, 6) is -0.415. The molecule has 0 aliphatic heterocycles. The van der Waals surface area contributed by atoms with E-state index < -0.39 is 9.84 Å². The Balaban J connectivity index is 2.57. The van der Waals surface area contributed by atoms with Gasteiger partial charge in [-0.15, -0.1) is 0 Å². The summed E-state index contributed by atoms with van der Waals surface area (Å²) in [5, 5.41) is 2.83. The molecule has 0 radical (unpaired) electrons. The molecule has 0 saturated carbocycles. The first kappa shape index (κ1) is 12.9. The zero-order valence-electron chi connectivity index (χ0n) is 8.98. The van der Waals surface area contributed by atoms with Crippen molar-refractivity contribution in [3.05, 3.63) is 10.6 Å². The van der Waals surface area contributed by atoms with Gasteiger partial charge in [-0.25, -0.2) is 13.4 Å². The molecule has 1 aromatic rings. The third kappa shape index (κ3) is 3.78. The molecule has 0 atom stereocenters. The molecule has 1 amide bonds. The number of carbonyl (C=O) groups is 1. The van der Waals surface area contributed by atoms with E-state index in [1.54, 1.807) is 6.92 Å². The third-order valence-corrected chi connectivity index (χ3v) is 3.71. The number of rotatable bonds is 4. The first-order chi connectivity index (χ1) is 7.29. The van der Waals surface area contributed by atoms with E-state index in [-0.39, 0.29) is 18.2 Å². The molecular weight excluding hydrogens is 250 g/mol. The molecule has 0 saturated heterocycles. The molecular formula is C8H13N3O3S2. The zero-order valence-corrected chi connectivity index (χ0v) is 10.6. The SMILES string of the molecule is Cc1nc(N)sc1C(=O)NCCS(C)(=O)=O. The second-order valence-electron chi connectivity index (χ2n) is 3.35. The second-order valence-corrected chi connectivity index (χ2v) is 6.64. The lowest BCUT2D eigenvalue weighted by molar-refractivity contribution is 0.0959. The maximum Gasteiger partial charge on any atom is 0.263 e. The van der Waals surface area contributed by atoms with Crippen LogP contribution in [0.3, 0.4) is 0 Å². The van der Waals surface area contributed by atoms with Crippen LogP contribution in [0.1, 0.15) is 15.4 Å². The molecule has 6 nitrogen and oxygen atoms in total. The first-order valence-electron chi connectivity index (χ1n) is 4.48. The number of hydrogen-bond donors (Lipinski definition) is 2. The quantitative estimate of drug-likeness (QED) is 0.783. The normalized spacial score (nSPS) is 11.4. The predicted molar refractivity (Wildman–Crippen MR) is 63.3 cm³/mol. The Morgan fingerprint density at radius 1 is 1.56 bits per heavy atom. The summed E-state index contributed by atoms with van der Waals surface area (Å²) in [5.41, 5.74) is 6.00. The first-order valence-corrected chi connectivity index (χ1v) is 7.36. The monoisotopic (exact) mass is 263 g/mol. The zero-order chi connectivity index (χ0) is 12.3. The van der Waals surface area contributed by atoms with Crippen molar-refractivity contribution in [1.82, 2.24) is 10.3 Å². The van der Waals surface area contributed by atoms with Crippen LogP contribution in [-0.4, -0.2) is 37.9 Å². The summed E-state index contributed by atoms with van der Waals surface area (Å²) in [6, 6.07) is 0. The second kappa shape index (κ2) is 4.79.